The number of nitrogens with one attached hydrogen (secondary N) is 1. The Morgan fingerprint density at radius 3 is 2.70 bits per heavy atom. The van der Waals surface area contributed by atoms with Crippen LogP contribution in [0.4, 0.5) is 0 Å². The molecule has 23 heavy (non-hydrogen) atoms. The normalized spacial score (nSPS) is 20.7. The molecule has 5 nitrogen and oxygen atoms in total. The van der Waals surface area contributed by atoms with Gasteiger partial charge >= 0.3 is 0 Å². The molecule has 2 N–H and O–H groups in total. The van der Waals surface area contributed by atoms with E-state index in [0.717, 1.165) is 11.8 Å². The molecule has 0 aromatic heterocycles. The number of aliphatic hydroxyl groups is 1. The fourth-order valence-corrected chi connectivity index (χ4v) is 3.18. The number of piperidine rings is 1. The summed E-state index contributed by atoms with van der Waals surface area (Å²) in [7, 11) is 0. The number of hydrogen-bond acceptors (Lipinski definition) is 4. The van der Waals surface area contributed by atoms with E-state index in [1.54, 1.807) is 6.07 Å². The van der Waals surface area contributed by atoms with E-state index in [1.807, 2.05) is 19.1 Å². The third-order valence-electron chi connectivity index (χ3n) is 4.88. The van der Waals surface area contributed by atoms with Gasteiger partial charge in [-0.1, -0.05) is 26.0 Å². The fourth-order valence-electron chi connectivity index (χ4n) is 3.18. The van der Waals surface area contributed by atoms with E-state index in [2.05, 4.69) is 12.2 Å². The van der Waals surface area contributed by atoms with E-state index < -0.39 is 0 Å². The summed E-state index contributed by atoms with van der Waals surface area (Å²) in [5.41, 5.74) is 2.21. The number of imide groups is 1. The fraction of sp³-hybridized carbons (Fsp3) is 0.500. The van der Waals surface area contributed by atoms with Crippen molar-refractivity contribution < 1.29 is 19.5 Å². The molecule has 0 spiro atoms. The van der Waals surface area contributed by atoms with Gasteiger partial charge < -0.3 is 5.11 Å². The predicted octanol–water partition coefficient (Wildman–Crippen LogP) is 1.86. The van der Waals surface area contributed by atoms with Crippen LogP contribution in [0.1, 0.15) is 48.2 Å². The molecule has 0 saturated carbocycles. The van der Waals surface area contributed by atoms with Crippen molar-refractivity contribution in [3.05, 3.63) is 34.9 Å². The van der Waals surface area contributed by atoms with Crippen molar-refractivity contribution in [2.24, 2.45) is 17.8 Å². The number of rotatable bonds is 6. The van der Waals surface area contributed by atoms with E-state index in [1.165, 1.54) is 0 Å². The largest absolute Gasteiger partial charge is 0.392 e. The Labute approximate surface area is 136 Å². The number of aliphatic hydroxyl groups excluding tert-OH is 1. The quantitative estimate of drug-likeness (QED) is 0.619. The molecule has 1 saturated heterocycles. The van der Waals surface area contributed by atoms with Gasteiger partial charge in [0.15, 0.2) is 0 Å². The Morgan fingerprint density at radius 2 is 2.09 bits per heavy atom. The smallest absolute Gasteiger partial charge is 0.229 e. The third-order valence-corrected chi connectivity index (χ3v) is 4.88. The number of aldehydes is 1. The highest BCUT2D eigenvalue weighted by Crippen LogP contribution is 2.30. The van der Waals surface area contributed by atoms with Crippen LogP contribution < -0.4 is 5.32 Å². The summed E-state index contributed by atoms with van der Waals surface area (Å²) in [5.74, 6) is -0.252. The number of hydrogen-bond donors (Lipinski definition) is 2. The van der Waals surface area contributed by atoms with Gasteiger partial charge in [0.25, 0.3) is 0 Å². The lowest BCUT2D eigenvalue weighted by Crippen LogP contribution is -2.44. The van der Waals surface area contributed by atoms with E-state index >= 15 is 0 Å². The van der Waals surface area contributed by atoms with Crippen LogP contribution in [-0.2, 0) is 22.6 Å². The Hall–Kier alpha value is -2.01. The van der Waals surface area contributed by atoms with Gasteiger partial charge in [-0.2, -0.15) is 0 Å². The van der Waals surface area contributed by atoms with Crippen LogP contribution in [0.25, 0.3) is 0 Å². The molecule has 124 valence electrons. The van der Waals surface area contributed by atoms with Crippen molar-refractivity contribution >= 4 is 18.1 Å². The lowest BCUT2D eigenvalue weighted by Gasteiger charge is -2.30. The second-order valence-corrected chi connectivity index (χ2v) is 6.41. The molecule has 1 aliphatic rings. The molecule has 1 aromatic rings. The van der Waals surface area contributed by atoms with E-state index in [0.29, 0.717) is 30.4 Å². The lowest BCUT2D eigenvalue weighted by molar-refractivity contribution is -0.138. The highest BCUT2D eigenvalue weighted by Gasteiger charge is 2.33. The Bertz CT molecular complexity index is 611. The summed E-state index contributed by atoms with van der Waals surface area (Å²) in [6, 6.07) is 5.38. The van der Waals surface area contributed by atoms with Gasteiger partial charge in [-0.15, -0.1) is 0 Å². The van der Waals surface area contributed by atoms with Crippen LogP contribution in [0.15, 0.2) is 18.2 Å². The summed E-state index contributed by atoms with van der Waals surface area (Å²) < 4.78 is 0. The summed E-state index contributed by atoms with van der Waals surface area (Å²) >= 11 is 0. The molecule has 3 atom stereocenters. The van der Waals surface area contributed by atoms with Gasteiger partial charge in [-0.05, 0) is 41.9 Å². The topological polar surface area (TPSA) is 83.5 Å². The Morgan fingerprint density at radius 1 is 1.35 bits per heavy atom. The average molecular weight is 317 g/mol. The average Bonchev–Trinajstić information content (AvgIpc) is 2.54. The van der Waals surface area contributed by atoms with E-state index in [4.69, 9.17) is 5.11 Å². The predicted molar refractivity (Wildman–Crippen MR) is 85.7 cm³/mol. The van der Waals surface area contributed by atoms with Crippen molar-refractivity contribution in [1.29, 1.82) is 0 Å². The first-order valence-electron chi connectivity index (χ1n) is 7.97. The maximum atomic E-state index is 12.0. The van der Waals surface area contributed by atoms with Crippen LogP contribution >= 0.6 is 0 Å². The summed E-state index contributed by atoms with van der Waals surface area (Å²) in [5, 5.41) is 11.6. The van der Waals surface area contributed by atoms with Gasteiger partial charge in [0, 0.05) is 17.9 Å². The molecular formula is C18H23NO4. The molecule has 1 fully saturated rings. The monoisotopic (exact) mass is 317 g/mol. The van der Waals surface area contributed by atoms with E-state index in [-0.39, 0.29) is 36.2 Å². The number of carbonyl (C=O) groups excluding carboxylic acids is 3. The van der Waals surface area contributed by atoms with Gasteiger partial charge in [-0.25, -0.2) is 0 Å². The third kappa shape index (κ3) is 4.05. The first kappa shape index (κ1) is 17.3. The molecule has 0 bridgehead atoms. The Balaban J connectivity index is 2.09. The number of amides is 2. The highest BCUT2D eigenvalue weighted by molar-refractivity contribution is 5.98. The molecule has 1 aliphatic heterocycles. The zero-order valence-electron chi connectivity index (χ0n) is 13.5. The number of carbonyl (C=O) groups is 3. The van der Waals surface area contributed by atoms with Crippen LogP contribution in [0, 0.1) is 17.8 Å². The minimum atomic E-state index is -0.200. The zero-order valence-corrected chi connectivity index (χ0v) is 13.5. The molecule has 0 aliphatic carbocycles. The highest BCUT2D eigenvalue weighted by atomic mass is 16.3. The second-order valence-electron chi connectivity index (χ2n) is 6.41. The molecule has 2 amide bonds. The first-order valence-corrected chi connectivity index (χ1v) is 7.97. The lowest BCUT2D eigenvalue weighted by atomic mass is 9.76. The van der Waals surface area contributed by atoms with Crippen molar-refractivity contribution in [2.45, 2.75) is 39.7 Å². The van der Waals surface area contributed by atoms with Crippen molar-refractivity contribution in [3.63, 3.8) is 0 Å². The molecule has 3 unspecified atom stereocenters. The van der Waals surface area contributed by atoms with Gasteiger partial charge in [0.05, 0.1) is 6.61 Å². The standard InChI is InChI=1S/C18H23NO4/c1-11(12(2)16-5-6-17(22)19-18(16)23)7-14-4-3-13(9-20)8-15(14)10-21/h3-4,8,10-12,16,20H,5-7,9H2,1-2H3,(H,19,22,23). The molecule has 2 rings (SSSR count). The molecular weight excluding hydrogens is 294 g/mol. The second kappa shape index (κ2) is 7.51. The van der Waals surface area contributed by atoms with Crippen LogP contribution in [0.2, 0.25) is 0 Å². The van der Waals surface area contributed by atoms with Gasteiger partial charge in [0.1, 0.15) is 6.29 Å². The number of benzene rings is 1. The van der Waals surface area contributed by atoms with Crippen LogP contribution in [0.3, 0.4) is 0 Å². The minimum Gasteiger partial charge on any atom is -0.392 e. The SMILES string of the molecule is CC(Cc1ccc(CO)cc1C=O)C(C)C1CCC(=O)NC1=O. The summed E-state index contributed by atoms with van der Waals surface area (Å²) in [4.78, 5) is 34.5. The molecule has 1 heterocycles. The summed E-state index contributed by atoms with van der Waals surface area (Å²) in [6.45, 7) is 3.99. The maximum Gasteiger partial charge on any atom is 0.229 e. The van der Waals surface area contributed by atoms with Crippen molar-refractivity contribution in [2.75, 3.05) is 0 Å². The molecule has 1 aromatic carbocycles. The van der Waals surface area contributed by atoms with Crippen LogP contribution in [-0.4, -0.2) is 23.2 Å². The van der Waals surface area contributed by atoms with Crippen molar-refractivity contribution in [3.8, 4) is 0 Å². The van der Waals surface area contributed by atoms with Gasteiger partial charge in [0.2, 0.25) is 11.8 Å². The Kier molecular flexibility index (Phi) is 5.66. The van der Waals surface area contributed by atoms with E-state index in [9.17, 15) is 14.4 Å². The maximum absolute atomic E-state index is 12.0. The minimum absolute atomic E-state index is 0.0939. The van der Waals surface area contributed by atoms with Crippen LogP contribution in [0.5, 0.6) is 0 Å². The first-order chi connectivity index (χ1) is 11.0. The molecule has 5 heteroatoms. The van der Waals surface area contributed by atoms with Crippen molar-refractivity contribution in [1.82, 2.24) is 5.32 Å². The summed E-state index contributed by atoms with van der Waals surface area (Å²) in [6.07, 6.45) is 2.45. The zero-order chi connectivity index (χ0) is 17.0. The van der Waals surface area contributed by atoms with Gasteiger partial charge in [-0.3, -0.25) is 19.7 Å². The molecule has 0 radical (unpaired) electrons.